The second-order valence-corrected chi connectivity index (χ2v) is 3.16. The Morgan fingerprint density at radius 1 is 1.22 bits per heavy atom. The smallest absolute Gasteiger partial charge is 0.471 e. The zero-order valence-electron chi connectivity index (χ0n) is 8.82. The minimum atomic E-state index is -4.96. The first-order valence-electron chi connectivity index (χ1n) is 4.62. The van der Waals surface area contributed by atoms with E-state index in [1.54, 1.807) is 5.32 Å². The van der Waals surface area contributed by atoms with Gasteiger partial charge in [0.15, 0.2) is 6.61 Å². The van der Waals surface area contributed by atoms with E-state index >= 15 is 0 Å². The lowest BCUT2D eigenvalue weighted by molar-refractivity contribution is -0.167. The zero-order valence-corrected chi connectivity index (χ0v) is 8.82. The van der Waals surface area contributed by atoms with Crippen LogP contribution in [0.25, 0.3) is 0 Å². The van der Waals surface area contributed by atoms with Gasteiger partial charge in [0.25, 0.3) is 0 Å². The van der Waals surface area contributed by atoms with Crippen LogP contribution in [-0.2, 0) is 9.59 Å². The molecule has 0 radical (unpaired) electrons. The maximum Gasteiger partial charge on any atom is 0.471 e. The number of amides is 1. The minimum Gasteiger partial charge on any atom is -0.482 e. The lowest BCUT2D eigenvalue weighted by Crippen LogP contribution is -2.29. The molecule has 0 saturated carbocycles. The summed E-state index contributed by atoms with van der Waals surface area (Å²) in [6, 6.07) is 4.82. The summed E-state index contributed by atoms with van der Waals surface area (Å²) in [6.07, 6.45) is -4.96. The van der Waals surface area contributed by atoms with Crippen LogP contribution in [0.15, 0.2) is 24.3 Å². The molecule has 0 fully saturated rings. The Balaban J connectivity index is 2.60. The predicted molar refractivity (Wildman–Crippen MR) is 54.3 cm³/mol. The number of hydrogen-bond donors (Lipinski definition) is 2. The van der Waals surface area contributed by atoms with Crippen LogP contribution in [0, 0.1) is 0 Å². The Bertz CT molecular complexity index is 441. The summed E-state index contributed by atoms with van der Waals surface area (Å²) < 4.78 is 40.5. The molecule has 0 unspecified atom stereocenters. The molecule has 18 heavy (non-hydrogen) atoms. The van der Waals surface area contributed by atoms with Crippen molar-refractivity contribution in [3.63, 3.8) is 0 Å². The van der Waals surface area contributed by atoms with Crippen molar-refractivity contribution in [2.75, 3.05) is 11.9 Å². The van der Waals surface area contributed by atoms with Crippen molar-refractivity contribution in [1.82, 2.24) is 0 Å². The third-order valence-electron chi connectivity index (χ3n) is 1.73. The molecule has 1 aromatic carbocycles. The summed E-state index contributed by atoms with van der Waals surface area (Å²) in [6.45, 7) is -0.561. The number of anilines is 1. The van der Waals surface area contributed by atoms with Crippen LogP contribution in [0.4, 0.5) is 18.9 Å². The number of benzene rings is 1. The van der Waals surface area contributed by atoms with Gasteiger partial charge in [-0.1, -0.05) is 0 Å². The van der Waals surface area contributed by atoms with Crippen molar-refractivity contribution in [3.8, 4) is 5.75 Å². The van der Waals surface area contributed by atoms with Gasteiger partial charge in [-0.2, -0.15) is 13.2 Å². The molecule has 0 bridgehead atoms. The first-order valence-corrected chi connectivity index (χ1v) is 4.62. The number of carboxylic acids is 1. The number of nitrogens with one attached hydrogen (secondary N) is 1. The fourth-order valence-corrected chi connectivity index (χ4v) is 0.982. The normalized spacial score (nSPS) is 10.8. The van der Waals surface area contributed by atoms with E-state index in [9.17, 15) is 22.8 Å². The number of carbonyl (C=O) groups excluding carboxylic acids is 1. The first kappa shape index (κ1) is 13.8. The molecule has 0 atom stereocenters. The topological polar surface area (TPSA) is 75.6 Å². The summed E-state index contributed by atoms with van der Waals surface area (Å²) in [5.74, 6) is -3.09. The predicted octanol–water partition coefficient (Wildman–Crippen LogP) is 1.65. The third-order valence-corrected chi connectivity index (χ3v) is 1.73. The zero-order chi connectivity index (χ0) is 13.8. The molecule has 0 aromatic heterocycles. The number of ether oxygens (including phenoxy) is 1. The molecule has 0 aliphatic rings. The van der Waals surface area contributed by atoms with Gasteiger partial charge < -0.3 is 15.2 Å². The van der Waals surface area contributed by atoms with E-state index in [1.165, 1.54) is 24.3 Å². The molecule has 0 heterocycles. The highest BCUT2D eigenvalue weighted by Gasteiger charge is 2.38. The van der Waals surface area contributed by atoms with Gasteiger partial charge >= 0.3 is 18.1 Å². The highest BCUT2D eigenvalue weighted by Crippen LogP contribution is 2.20. The van der Waals surface area contributed by atoms with Crippen LogP contribution < -0.4 is 10.1 Å². The summed E-state index contributed by atoms with van der Waals surface area (Å²) in [5, 5.41) is 9.97. The largest absolute Gasteiger partial charge is 0.482 e. The highest BCUT2D eigenvalue weighted by atomic mass is 19.4. The first-order chi connectivity index (χ1) is 8.29. The fourth-order valence-electron chi connectivity index (χ4n) is 0.982. The van der Waals surface area contributed by atoms with Gasteiger partial charge in [-0.05, 0) is 24.3 Å². The maximum absolute atomic E-state index is 11.9. The molecule has 0 spiro atoms. The number of hydrogen-bond acceptors (Lipinski definition) is 3. The number of rotatable bonds is 4. The molecule has 8 heteroatoms. The molecule has 1 amide bonds. The van der Waals surface area contributed by atoms with E-state index in [1.807, 2.05) is 0 Å². The molecule has 0 aliphatic carbocycles. The SMILES string of the molecule is O=C(O)COc1ccc(NC(=O)C(F)(F)F)cc1. The minimum absolute atomic E-state index is 0.0694. The van der Waals surface area contributed by atoms with Gasteiger partial charge in [0.05, 0.1) is 0 Å². The molecule has 98 valence electrons. The monoisotopic (exact) mass is 263 g/mol. The lowest BCUT2D eigenvalue weighted by Gasteiger charge is -2.08. The average Bonchev–Trinajstić information content (AvgIpc) is 2.26. The van der Waals surface area contributed by atoms with Crippen molar-refractivity contribution in [1.29, 1.82) is 0 Å². The Morgan fingerprint density at radius 2 is 1.78 bits per heavy atom. The van der Waals surface area contributed by atoms with Crippen LogP contribution in [-0.4, -0.2) is 29.8 Å². The van der Waals surface area contributed by atoms with E-state index in [4.69, 9.17) is 9.84 Å². The molecular weight excluding hydrogens is 255 g/mol. The van der Waals surface area contributed by atoms with Crippen molar-refractivity contribution in [3.05, 3.63) is 24.3 Å². The highest BCUT2D eigenvalue weighted by molar-refractivity contribution is 5.94. The van der Waals surface area contributed by atoms with Crippen molar-refractivity contribution in [2.24, 2.45) is 0 Å². The molecule has 0 aliphatic heterocycles. The number of halogens is 3. The number of carboxylic acid groups (broad SMARTS) is 1. The Kier molecular flexibility index (Phi) is 4.13. The van der Waals surface area contributed by atoms with Gasteiger partial charge in [-0.25, -0.2) is 4.79 Å². The Morgan fingerprint density at radius 3 is 2.22 bits per heavy atom. The maximum atomic E-state index is 11.9. The lowest BCUT2D eigenvalue weighted by atomic mass is 10.3. The van der Waals surface area contributed by atoms with Gasteiger partial charge in [0, 0.05) is 5.69 Å². The number of carbonyl (C=O) groups is 2. The third kappa shape index (κ3) is 4.32. The average molecular weight is 263 g/mol. The van der Waals surface area contributed by atoms with E-state index in [2.05, 4.69) is 0 Å². The second-order valence-electron chi connectivity index (χ2n) is 3.16. The summed E-state index contributed by atoms with van der Waals surface area (Å²) >= 11 is 0. The van der Waals surface area contributed by atoms with E-state index in [-0.39, 0.29) is 11.4 Å². The molecule has 5 nitrogen and oxygen atoms in total. The van der Waals surface area contributed by atoms with Crippen molar-refractivity contribution >= 4 is 17.6 Å². The summed E-state index contributed by atoms with van der Waals surface area (Å²) in [7, 11) is 0. The molecule has 1 aromatic rings. The second kappa shape index (κ2) is 5.39. The fraction of sp³-hybridized carbons (Fsp3) is 0.200. The number of alkyl halides is 3. The Hall–Kier alpha value is -2.25. The molecular formula is C10H8F3NO4. The standard InChI is InChI=1S/C10H8F3NO4/c11-10(12,13)9(17)14-6-1-3-7(4-2-6)18-5-8(15)16/h1-4H,5H2,(H,14,17)(H,15,16). The van der Waals surface area contributed by atoms with Crippen LogP contribution in [0.2, 0.25) is 0 Å². The van der Waals surface area contributed by atoms with E-state index < -0.39 is 24.7 Å². The number of aliphatic carboxylic acids is 1. The summed E-state index contributed by atoms with van der Waals surface area (Å²) in [4.78, 5) is 20.8. The molecule has 1 rings (SSSR count). The van der Waals surface area contributed by atoms with Gasteiger partial charge in [-0.15, -0.1) is 0 Å². The van der Waals surface area contributed by atoms with Crippen LogP contribution in [0.1, 0.15) is 0 Å². The van der Waals surface area contributed by atoms with Crippen LogP contribution in [0.5, 0.6) is 5.75 Å². The van der Waals surface area contributed by atoms with E-state index in [0.29, 0.717) is 0 Å². The van der Waals surface area contributed by atoms with Gasteiger partial charge in [-0.3, -0.25) is 4.79 Å². The summed E-state index contributed by atoms with van der Waals surface area (Å²) in [5.41, 5.74) is -0.0694. The van der Waals surface area contributed by atoms with Crippen LogP contribution in [0.3, 0.4) is 0 Å². The van der Waals surface area contributed by atoms with Crippen molar-refractivity contribution in [2.45, 2.75) is 6.18 Å². The van der Waals surface area contributed by atoms with E-state index in [0.717, 1.165) is 0 Å². The Labute approximate surface area is 99.2 Å². The van der Waals surface area contributed by atoms with Gasteiger partial charge in [0.1, 0.15) is 5.75 Å². The van der Waals surface area contributed by atoms with Crippen LogP contribution >= 0.6 is 0 Å². The van der Waals surface area contributed by atoms with Gasteiger partial charge in [0.2, 0.25) is 0 Å². The molecule has 2 N–H and O–H groups in total. The quantitative estimate of drug-likeness (QED) is 0.866. The van der Waals surface area contributed by atoms with Crippen molar-refractivity contribution < 1.29 is 32.6 Å². The molecule has 0 saturated heterocycles.